The highest BCUT2D eigenvalue weighted by Gasteiger charge is 2.17. The third-order valence-electron chi connectivity index (χ3n) is 7.85. The zero-order chi connectivity index (χ0) is 28.7. The number of hydrogen-bond acceptors (Lipinski definition) is 6. The molecule has 0 aliphatic heterocycles. The molecule has 8 heteroatoms. The zero-order valence-electron chi connectivity index (χ0n) is 23.6. The SMILES string of the molecule is O=C(NCCCCCCNc1c2c(nc3ccccc13)CCCC2)c1ccc2c(Nc3cccc(Br)c3)ncnc2c1. The first-order valence-electron chi connectivity index (χ1n) is 14.9. The number of fused-ring (bicyclic) bond motifs is 3. The van der Waals surface area contributed by atoms with Crippen LogP contribution in [0.3, 0.4) is 0 Å². The third-order valence-corrected chi connectivity index (χ3v) is 8.34. The van der Waals surface area contributed by atoms with Gasteiger partial charge in [-0.15, -0.1) is 0 Å². The number of benzene rings is 3. The molecule has 42 heavy (non-hydrogen) atoms. The smallest absolute Gasteiger partial charge is 0.251 e. The fraction of sp³-hybridized carbons (Fsp3) is 0.294. The number of nitrogens with one attached hydrogen (secondary N) is 3. The van der Waals surface area contributed by atoms with Crippen molar-refractivity contribution in [3.05, 3.63) is 94.4 Å². The van der Waals surface area contributed by atoms with E-state index >= 15 is 0 Å². The molecule has 0 spiro atoms. The zero-order valence-corrected chi connectivity index (χ0v) is 25.2. The Labute approximate surface area is 254 Å². The molecule has 1 aliphatic carbocycles. The van der Waals surface area contributed by atoms with Crippen LogP contribution in [0.15, 0.2) is 77.5 Å². The largest absolute Gasteiger partial charge is 0.384 e. The van der Waals surface area contributed by atoms with Gasteiger partial charge in [0.15, 0.2) is 0 Å². The highest BCUT2D eigenvalue weighted by atomic mass is 79.9. The van der Waals surface area contributed by atoms with Crippen LogP contribution in [-0.2, 0) is 12.8 Å². The molecular weight excluding hydrogens is 588 g/mol. The quantitative estimate of drug-likeness (QED) is 0.129. The van der Waals surface area contributed by atoms with Gasteiger partial charge in [0.2, 0.25) is 0 Å². The molecular formula is C34H35BrN6O. The Balaban J connectivity index is 0.962. The van der Waals surface area contributed by atoms with Gasteiger partial charge in [-0.2, -0.15) is 0 Å². The lowest BCUT2D eigenvalue weighted by Crippen LogP contribution is -2.24. The molecule has 0 radical (unpaired) electrons. The Morgan fingerprint density at radius 2 is 1.67 bits per heavy atom. The van der Waals surface area contributed by atoms with E-state index in [1.54, 1.807) is 0 Å². The van der Waals surface area contributed by atoms with Gasteiger partial charge in [-0.05, 0) is 86.6 Å². The maximum atomic E-state index is 12.8. The standard InChI is InChI=1S/C34H35BrN6O/c35-24-10-9-11-25(21-24)40-33-28-17-16-23(20-31(28)38-22-39-33)34(42)37-19-8-2-1-7-18-36-32-26-12-3-5-14-29(26)41-30-15-6-4-13-27(30)32/h3,5,9-12,14,16-17,20-22H,1-2,4,6-8,13,15,18-19H2,(H,36,41)(H,37,42)(H,38,39,40). The minimum Gasteiger partial charge on any atom is -0.384 e. The second kappa shape index (κ2) is 13.3. The highest BCUT2D eigenvalue weighted by Crippen LogP contribution is 2.33. The monoisotopic (exact) mass is 622 g/mol. The molecule has 0 saturated heterocycles. The van der Waals surface area contributed by atoms with Crippen molar-refractivity contribution in [2.24, 2.45) is 0 Å². The number of aromatic nitrogens is 3. The van der Waals surface area contributed by atoms with Crippen molar-refractivity contribution < 1.29 is 4.79 Å². The topological polar surface area (TPSA) is 91.8 Å². The second-order valence-corrected chi connectivity index (χ2v) is 11.7. The van der Waals surface area contributed by atoms with E-state index in [9.17, 15) is 4.79 Å². The molecule has 0 saturated carbocycles. The summed E-state index contributed by atoms with van der Waals surface area (Å²) in [6.45, 7) is 1.61. The molecule has 0 atom stereocenters. The molecule has 1 aliphatic rings. The molecule has 0 bridgehead atoms. The summed E-state index contributed by atoms with van der Waals surface area (Å²) in [5.74, 6) is 0.629. The van der Waals surface area contributed by atoms with Crippen molar-refractivity contribution in [1.82, 2.24) is 20.3 Å². The Morgan fingerprint density at radius 1 is 0.810 bits per heavy atom. The van der Waals surface area contributed by atoms with Gasteiger partial charge in [0.25, 0.3) is 5.91 Å². The Morgan fingerprint density at radius 3 is 2.57 bits per heavy atom. The number of pyridine rings is 1. The fourth-order valence-corrected chi connectivity index (χ4v) is 6.10. The number of nitrogens with zero attached hydrogens (tertiary/aromatic N) is 3. The predicted octanol–water partition coefficient (Wildman–Crippen LogP) is 7.97. The molecule has 2 heterocycles. The van der Waals surface area contributed by atoms with Crippen molar-refractivity contribution in [1.29, 1.82) is 0 Å². The van der Waals surface area contributed by atoms with Gasteiger partial charge in [0.05, 0.1) is 11.0 Å². The van der Waals surface area contributed by atoms with Crippen LogP contribution in [0.25, 0.3) is 21.8 Å². The molecule has 6 rings (SSSR count). The van der Waals surface area contributed by atoms with Gasteiger partial charge in [-0.1, -0.05) is 53.0 Å². The van der Waals surface area contributed by atoms with Gasteiger partial charge in [0, 0.05) is 51.0 Å². The first-order chi connectivity index (χ1) is 20.7. The summed E-state index contributed by atoms with van der Waals surface area (Å²) < 4.78 is 0.985. The maximum Gasteiger partial charge on any atom is 0.251 e. The summed E-state index contributed by atoms with van der Waals surface area (Å²) in [4.78, 5) is 26.6. The number of anilines is 3. The summed E-state index contributed by atoms with van der Waals surface area (Å²) in [5, 5.41) is 12.3. The lowest BCUT2D eigenvalue weighted by Gasteiger charge is -2.21. The van der Waals surface area contributed by atoms with Gasteiger partial charge in [-0.3, -0.25) is 9.78 Å². The van der Waals surface area contributed by atoms with E-state index in [1.165, 1.54) is 41.5 Å². The molecule has 214 valence electrons. The molecule has 7 nitrogen and oxygen atoms in total. The van der Waals surface area contributed by atoms with Crippen molar-refractivity contribution >= 4 is 60.8 Å². The first kappa shape index (κ1) is 28.1. The van der Waals surface area contributed by atoms with E-state index in [4.69, 9.17) is 4.98 Å². The van der Waals surface area contributed by atoms with Crippen LogP contribution in [0.1, 0.15) is 60.1 Å². The van der Waals surface area contributed by atoms with Crippen molar-refractivity contribution in [3.8, 4) is 0 Å². The number of aryl methyl sites for hydroxylation is 1. The fourth-order valence-electron chi connectivity index (χ4n) is 5.70. The normalized spacial score (nSPS) is 12.7. The number of hydrogen-bond donors (Lipinski definition) is 3. The van der Waals surface area contributed by atoms with E-state index < -0.39 is 0 Å². The van der Waals surface area contributed by atoms with Crippen LogP contribution >= 0.6 is 15.9 Å². The average molecular weight is 624 g/mol. The van der Waals surface area contributed by atoms with Crippen LogP contribution in [0.2, 0.25) is 0 Å². The number of unbranched alkanes of at least 4 members (excludes halogenated alkanes) is 3. The molecule has 1 amide bonds. The minimum atomic E-state index is -0.0759. The Kier molecular flexibility index (Phi) is 8.89. The molecule has 0 fully saturated rings. The van der Waals surface area contributed by atoms with E-state index in [2.05, 4.69) is 66.1 Å². The summed E-state index contributed by atoms with van der Waals surface area (Å²) in [5.41, 5.74) is 7.33. The lowest BCUT2D eigenvalue weighted by molar-refractivity contribution is 0.0953. The van der Waals surface area contributed by atoms with E-state index in [1.807, 2.05) is 42.5 Å². The molecule has 0 unspecified atom stereocenters. The summed E-state index contributed by atoms with van der Waals surface area (Å²) in [6, 6.07) is 21.9. The van der Waals surface area contributed by atoms with Crippen LogP contribution in [-0.4, -0.2) is 33.9 Å². The average Bonchev–Trinajstić information content (AvgIpc) is 3.01. The van der Waals surface area contributed by atoms with Gasteiger partial charge in [0.1, 0.15) is 12.1 Å². The van der Waals surface area contributed by atoms with Gasteiger partial charge < -0.3 is 16.0 Å². The Bertz CT molecular complexity index is 1720. The summed E-state index contributed by atoms with van der Waals surface area (Å²) >= 11 is 3.50. The van der Waals surface area contributed by atoms with E-state index in [0.717, 1.165) is 71.6 Å². The number of carbonyl (C=O) groups is 1. The first-order valence-corrected chi connectivity index (χ1v) is 15.6. The molecule has 3 N–H and O–H groups in total. The highest BCUT2D eigenvalue weighted by molar-refractivity contribution is 9.10. The lowest BCUT2D eigenvalue weighted by atomic mass is 9.92. The van der Waals surface area contributed by atoms with Crippen LogP contribution in [0.5, 0.6) is 0 Å². The van der Waals surface area contributed by atoms with Crippen LogP contribution in [0.4, 0.5) is 17.2 Å². The third kappa shape index (κ3) is 6.54. The number of carbonyl (C=O) groups excluding carboxylic acids is 1. The number of rotatable bonds is 11. The second-order valence-electron chi connectivity index (χ2n) is 10.8. The van der Waals surface area contributed by atoms with Gasteiger partial charge in [-0.25, -0.2) is 9.97 Å². The number of amides is 1. The Hall–Kier alpha value is -4.04. The van der Waals surface area contributed by atoms with Crippen molar-refractivity contribution in [2.75, 3.05) is 23.7 Å². The minimum absolute atomic E-state index is 0.0759. The van der Waals surface area contributed by atoms with Gasteiger partial charge >= 0.3 is 0 Å². The maximum absolute atomic E-state index is 12.8. The molecule has 5 aromatic rings. The van der Waals surface area contributed by atoms with E-state index in [-0.39, 0.29) is 5.91 Å². The summed E-state index contributed by atoms with van der Waals surface area (Å²) in [7, 11) is 0. The van der Waals surface area contributed by atoms with E-state index in [0.29, 0.717) is 17.9 Å². The van der Waals surface area contributed by atoms with Crippen molar-refractivity contribution in [3.63, 3.8) is 0 Å². The predicted molar refractivity (Wildman–Crippen MR) is 175 cm³/mol. The number of para-hydroxylation sites is 1. The number of halogens is 1. The summed E-state index contributed by atoms with van der Waals surface area (Å²) in [6.07, 6.45) is 10.4. The molecule has 2 aromatic heterocycles. The van der Waals surface area contributed by atoms with Crippen LogP contribution < -0.4 is 16.0 Å². The van der Waals surface area contributed by atoms with Crippen LogP contribution in [0, 0.1) is 0 Å². The molecule has 3 aromatic carbocycles. The van der Waals surface area contributed by atoms with Crippen molar-refractivity contribution in [2.45, 2.75) is 51.4 Å².